The van der Waals surface area contributed by atoms with E-state index >= 15 is 0 Å². The van der Waals surface area contributed by atoms with Crippen LogP contribution in [0.4, 0.5) is 10.8 Å². The van der Waals surface area contributed by atoms with Crippen molar-refractivity contribution in [1.82, 2.24) is 9.97 Å². The number of pyridine rings is 1. The van der Waals surface area contributed by atoms with Crippen LogP contribution >= 0.6 is 11.3 Å². The number of nitrogens with zero attached hydrogens (tertiary/aromatic N) is 2. The molecule has 0 atom stereocenters. The number of nitrogens with one attached hydrogen (secondary N) is 1. The molecular formula is C13H10N4OS. The number of carbonyl (C=O) groups is 1. The Bertz CT molecular complexity index is 748. The number of nitrogens with two attached hydrogens (primary N) is 1. The molecule has 0 saturated heterocycles. The number of hydrogen-bond donors (Lipinski definition) is 2. The van der Waals surface area contributed by atoms with Crippen LogP contribution < -0.4 is 11.1 Å². The minimum atomic E-state index is -0.524. The minimum absolute atomic E-state index is 0.269. The molecule has 0 aliphatic carbocycles. The predicted octanol–water partition coefficient (Wildman–Crippen LogP) is 2.53. The third-order valence-electron chi connectivity index (χ3n) is 2.65. The summed E-state index contributed by atoms with van der Waals surface area (Å²) in [5, 5.41) is 6.45. The van der Waals surface area contributed by atoms with E-state index in [1.807, 2.05) is 30.3 Å². The Morgan fingerprint density at radius 3 is 2.89 bits per heavy atom. The maximum atomic E-state index is 11.0. The second kappa shape index (κ2) is 4.66. The first-order valence-electron chi connectivity index (χ1n) is 5.60. The van der Waals surface area contributed by atoms with Gasteiger partial charge < -0.3 is 11.1 Å². The van der Waals surface area contributed by atoms with Gasteiger partial charge in [-0.05, 0) is 12.1 Å². The Hall–Kier alpha value is -2.47. The van der Waals surface area contributed by atoms with Crippen molar-refractivity contribution in [1.29, 1.82) is 0 Å². The molecule has 0 spiro atoms. The molecule has 3 aromatic rings. The molecular weight excluding hydrogens is 260 g/mol. The smallest absolute Gasteiger partial charge is 0.268 e. The molecule has 0 aliphatic heterocycles. The van der Waals surface area contributed by atoms with Crippen molar-refractivity contribution in [3.8, 4) is 0 Å². The number of anilines is 2. The maximum Gasteiger partial charge on any atom is 0.268 e. The average Bonchev–Trinajstić information content (AvgIpc) is 2.88. The van der Waals surface area contributed by atoms with Crippen molar-refractivity contribution in [2.45, 2.75) is 0 Å². The molecule has 0 unspecified atom stereocenters. The lowest BCUT2D eigenvalue weighted by Crippen LogP contribution is -2.11. The largest absolute Gasteiger partial charge is 0.364 e. The monoisotopic (exact) mass is 270 g/mol. The van der Waals surface area contributed by atoms with Crippen LogP contribution in [-0.2, 0) is 0 Å². The molecule has 3 rings (SSSR count). The number of hydrogen-bond acceptors (Lipinski definition) is 5. The summed E-state index contributed by atoms with van der Waals surface area (Å²) in [5.41, 5.74) is 7.25. The quantitative estimate of drug-likeness (QED) is 0.766. The molecule has 0 aliphatic rings. The SMILES string of the molecule is NC(=O)c1csc(Nc2ccnc3ccccc23)n1. The third-order valence-corrected chi connectivity index (χ3v) is 3.41. The molecule has 3 N–H and O–H groups in total. The first-order chi connectivity index (χ1) is 9.24. The van der Waals surface area contributed by atoms with Crippen LogP contribution in [-0.4, -0.2) is 15.9 Å². The first-order valence-corrected chi connectivity index (χ1v) is 6.48. The van der Waals surface area contributed by atoms with Crippen LogP contribution in [0.2, 0.25) is 0 Å². The zero-order chi connectivity index (χ0) is 13.2. The van der Waals surface area contributed by atoms with Crippen molar-refractivity contribution >= 4 is 39.0 Å². The highest BCUT2D eigenvalue weighted by molar-refractivity contribution is 7.14. The Labute approximate surface area is 113 Å². The Balaban J connectivity index is 1.98. The van der Waals surface area contributed by atoms with E-state index in [0.717, 1.165) is 16.6 Å². The number of benzene rings is 1. The molecule has 1 aromatic carbocycles. The number of amides is 1. The summed E-state index contributed by atoms with van der Waals surface area (Å²) in [6.07, 6.45) is 1.73. The van der Waals surface area contributed by atoms with Crippen molar-refractivity contribution in [2.75, 3.05) is 5.32 Å². The fraction of sp³-hybridized carbons (Fsp3) is 0. The second-order valence-corrected chi connectivity index (χ2v) is 4.76. The third kappa shape index (κ3) is 2.25. The van der Waals surface area contributed by atoms with Crippen LogP contribution in [0.5, 0.6) is 0 Å². The Morgan fingerprint density at radius 2 is 2.11 bits per heavy atom. The van der Waals surface area contributed by atoms with Gasteiger partial charge in [0.15, 0.2) is 5.13 Å². The number of aromatic nitrogens is 2. The Morgan fingerprint density at radius 1 is 1.26 bits per heavy atom. The molecule has 1 amide bonds. The number of primary amides is 1. The average molecular weight is 270 g/mol. The maximum absolute atomic E-state index is 11.0. The standard InChI is InChI=1S/C13H10N4OS/c14-12(18)11-7-19-13(17-11)16-10-5-6-15-9-4-2-1-3-8(9)10/h1-7H,(H2,14,18)(H,15,16,17). The summed E-state index contributed by atoms with van der Waals surface area (Å²) in [4.78, 5) is 19.4. The zero-order valence-electron chi connectivity index (χ0n) is 9.83. The van der Waals surface area contributed by atoms with Crippen molar-refractivity contribution in [2.24, 2.45) is 5.73 Å². The fourth-order valence-electron chi connectivity index (χ4n) is 1.76. The summed E-state index contributed by atoms with van der Waals surface area (Å²) in [6.45, 7) is 0. The van der Waals surface area contributed by atoms with E-state index < -0.39 is 5.91 Å². The van der Waals surface area contributed by atoms with Gasteiger partial charge in [-0.3, -0.25) is 9.78 Å². The van der Waals surface area contributed by atoms with Crippen LogP contribution in [0.25, 0.3) is 10.9 Å². The molecule has 0 bridgehead atoms. The molecule has 94 valence electrons. The van der Waals surface area contributed by atoms with Gasteiger partial charge >= 0.3 is 0 Å². The van der Waals surface area contributed by atoms with Crippen molar-refractivity contribution in [3.63, 3.8) is 0 Å². The molecule has 0 saturated carbocycles. The second-order valence-electron chi connectivity index (χ2n) is 3.90. The van der Waals surface area contributed by atoms with Gasteiger partial charge in [-0.25, -0.2) is 4.98 Å². The summed E-state index contributed by atoms with van der Waals surface area (Å²) in [6, 6.07) is 9.68. The van der Waals surface area contributed by atoms with Crippen molar-refractivity contribution in [3.05, 3.63) is 47.6 Å². The van der Waals surface area contributed by atoms with E-state index in [0.29, 0.717) is 5.13 Å². The van der Waals surface area contributed by atoms with Crippen molar-refractivity contribution < 1.29 is 4.79 Å². The van der Waals surface area contributed by atoms with Gasteiger partial charge in [0.1, 0.15) is 5.69 Å². The van der Waals surface area contributed by atoms with Gasteiger partial charge in [0.2, 0.25) is 0 Å². The van der Waals surface area contributed by atoms with E-state index in [9.17, 15) is 4.79 Å². The van der Waals surface area contributed by atoms with Crippen LogP contribution in [0.15, 0.2) is 41.9 Å². The van der Waals surface area contributed by atoms with Crippen LogP contribution in [0, 0.1) is 0 Å². The molecule has 2 aromatic heterocycles. The van der Waals surface area contributed by atoms with Crippen LogP contribution in [0.3, 0.4) is 0 Å². The lowest BCUT2D eigenvalue weighted by molar-refractivity contribution is 0.0996. The summed E-state index contributed by atoms with van der Waals surface area (Å²) in [7, 11) is 0. The molecule has 0 radical (unpaired) electrons. The highest BCUT2D eigenvalue weighted by Crippen LogP contribution is 2.26. The highest BCUT2D eigenvalue weighted by atomic mass is 32.1. The summed E-state index contributed by atoms with van der Waals surface area (Å²) < 4.78 is 0. The minimum Gasteiger partial charge on any atom is -0.364 e. The molecule has 6 heteroatoms. The van der Waals surface area contributed by atoms with Crippen LogP contribution in [0.1, 0.15) is 10.5 Å². The van der Waals surface area contributed by atoms with E-state index in [2.05, 4.69) is 15.3 Å². The van der Waals surface area contributed by atoms with E-state index in [1.165, 1.54) is 11.3 Å². The normalized spacial score (nSPS) is 10.5. The Kier molecular flexibility index (Phi) is 2.85. The van der Waals surface area contributed by atoms with Gasteiger partial charge in [0, 0.05) is 17.0 Å². The number of thiazole rings is 1. The lowest BCUT2D eigenvalue weighted by Gasteiger charge is -2.06. The molecule has 5 nitrogen and oxygen atoms in total. The molecule has 2 heterocycles. The predicted molar refractivity (Wildman–Crippen MR) is 75.7 cm³/mol. The van der Waals surface area contributed by atoms with E-state index in [1.54, 1.807) is 11.6 Å². The highest BCUT2D eigenvalue weighted by Gasteiger charge is 2.08. The van der Waals surface area contributed by atoms with E-state index in [-0.39, 0.29) is 5.69 Å². The van der Waals surface area contributed by atoms with Gasteiger partial charge in [-0.2, -0.15) is 0 Å². The van der Waals surface area contributed by atoms with Gasteiger partial charge in [0.05, 0.1) is 11.2 Å². The summed E-state index contributed by atoms with van der Waals surface area (Å²) >= 11 is 1.34. The fourth-order valence-corrected chi connectivity index (χ4v) is 2.48. The number of fused-ring (bicyclic) bond motifs is 1. The first kappa shape index (κ1) is 11.6. The summed E-state index contributed by atoms with van der Waals surface area (Å²) in [5.74, 6) is -0.524. The van der Waals surface area contributed by atoms with Gasteiger partial charge in [-0.1, -0.05) is 18.2 Å². The number of para-hydroxylation sites is 1. The zero-order valence-corrected chi connectivity index (χ0v) is 10.6. The number of carbonyl (C=O) groups excluding carboxylic acids is 1. The topological polar surface area (TPSA) is 80.9 Å². The lowest BCUT2D eigenvalue weighted by atomic mass is 10.2. The number of rotatable bonds is 3. The van der Waals surface area contributed by atoms with E-state index in [4.69, 9.17) is 5.73 Å². The van der Waals surface area contributed by atoms with Gasteiger partial charge in [-0.15, -0.1) is 11.3 Å². The van der Waals surface area contributed by atoms with Gasteiger partial charge in [0.25, 0.3) is 5.91 Å². The molecule has 19 heavy (non-hydrogen) atoms. The molecule has 0 fully saturated rings.